The van der Waals surface area contributed by atoms with Crippen LogP contribution >= 0.6 is 11.3 Å². The summed E-state index contributed by atoms with van der Waals surface area (Å²) in [5.41, 5.74) is -0.215. The normalized spacial score (nSPS) is 12.7. The van der Waals surface area contributed by atoms with Crippen molar-refractivity contribution in [3.8, 4) is 10.6 Å². The van der Waals surface area contributed by atoms with Gasteiger partial charge in [-0.1, -0.05) is 19.1 Å². The first-order valence-electron chi connectivity index (χ1n) is 8.21. The maximum atomic E-state index is 12.8. The molecule has 0 spiro atoms. The number of aromatic nitrogens is 3. The highest BCUT2D eigenvalue weighted by molar-refractivity contribution is 7.13. The molecule has 27 heavy (non-hydrogen) atoms. The van der Waals surface area contributed by atoms with E-state index in [1.54, 1.807) is 22.3 Å². The predicted octanol–water partition coefficient (Wildman–Crippen LogP) is 4.09. The van der Waals surface area contributed by atoms with Crippen LogP contribution in [0.3, 0.4) is 0 Å². The SMILES string of the molecule is CC(CNC(=O)c1csc(-c2cccc(C(F)(F)F)c2)n1)Cn1cccn1. The first-order valence-corrected chi connectivity index (χ1v) is 9.09. The molecule has 1 aromatic carbocycles. The first kappa shape index (κ1) is 19.1. The van der Waals surface area contributed by atoms with Crippen LogP contribution in [0.2, 0.25) is 0 Å². The Hall–Kier alpha value is -2.68. The molecule has 3 rings (SSSR count). The summed E-state index contributed by atoms with van der Waals surface area (Å²) in [5, 5.41) is 8.83. The van der Waals surface area contributed by atoms with Gasteiger partial charge in [0.25, 0.3) is 5.91 Å². The monoisotopic (exact) mass is 394 g/mol. The number of carbonyl (C=O) groups is 1. The summed E-state index contributed by atoms with van der Waals surface area (Å²) >= 11 is 1.13. The third-order valence-electron chi connectivity index (χ3n) is 3.84. The van der Waals surface area contributed by atoms with Gasteiger partial charge in [-0.3, -0.25) is 9.48 Å². The number of carbonyl (C=O) groups excluding carboxylic acids is 1. The molecular formula is C18H17F3N4OS. The zero-order valence-corrected chi connectivity index (χ0v) is 15.2. The van der Waals surface area contributed by atoms with E-state index in [1.165, 1.54) is 6.07 Å². The van der Waals surface area contributed by atoms with Crippen LogP contribution in [-0.2, 0) is 12.7 Å². The van der Waals surface area contributed by atoms with Gasteiger partial charge >= 0.3 is 6.18 Å². The number of halogens is 3. The van der Waals surface area contributed by atoms with E-state index in [-0.39, 0.29) is 17.5 Å². The summed E-state index contributed by atoms with van der Waals surface area (Å²) < 4.78 is 40.3. The zero-order chi connectivity index (χ0) is 19.4. The second-order valence-electron chi connectivity index (χ2n) is 6.16. The van der Waals surface area contributed by atoms with Crippen molar-refractivity contribution in [1.82, 2.24) is 20.1 Å². The number of hydrogen-bond acceptors (Lipinski definition) is 4. The second-order valence-corrected chi connectivity index (χ2v) is 7.02. The minimum absolute atomic E-state index is 0.162. The zero-order valence-electron chi connectivity index (χ0n) is 14.4. The molecular weight excluding hydrogens is 377 g/mol. The number of nitrogens with one attached hydrogen (secondary N) is 1. The van der Waals surface area contributed by atoms with E-state index in [1.807, 2.05) is 19.2 Å². The Bertz CT molecular complexity index is 905. The molecule has 1 unspecified atom stereocenters. The van der Waals surface area contributed by atoms with Crippen LogP contribution in [0.1, 0.15) is 23.0 Å². The summed E-state index contributed by atoms with van der Waals surface area (Å²) in [6, 6.07) is 6.74. The van der Waals surface area contributed by atoms with E-state index in [0.717, 1.165) is 23.5 Å². The van der Waals surface area contributed by atoms with Crippen LogP contribution in [0, 0.1) is 5.92 Å². The lowest BCUT2D eigenvalue weighted by molar-refractivity contribution is -0.137. The molecule has 0 aliphatic heterocycles. The van der Waals surface area contributed by atoms with Crippen LogP contribution in [0.15, 0.2) is 48.1 Å². The molecule has 0 saturated carbocycles. The Morgan fingerprint density at radius 1 is 1.33 bits per heavy atom. The fourth-order valence-electron chi connectivity index (χ4n) is 2.49. The smallest absolute Gasteiger partial charge is 0.350 e. The Labute approximate surface area is 157 Å². The maximum Gasteiger partial charge on any atom is 0.416 e. The van der Waals surface area contributed by atoms with Crippen molar-refractivity contribution in [2.24, 2.45) is 5.92 Å². The standard InChI is InChI=1S/C18H17F3N4OS/c1-12(10-25-7-3-6-23-25)9-22-16(26)15-11-27-17(24-15)13-4-2-5-14(8-13)18(19,20)21/h2-8,11-12H,9-10H2,1H3,(H,22,26). The molecule has 142 valence electrons. The van der Waals surface area contributed by atoms with E-state index in [9.17, 15) is 18.0 Å². The quantitative estimate of drug-likeness (QED) is 0.685. The van der Waals surface area contributed by atoms with Crippen LogP contribution in [0.25, 0.3) is 10.6 Å². The Balaban J connectivity index is 1.62. The third-order valence-corrected chi connectivity index (χ3v) is 4.73. The summed E-state index contributed by atoms with van der Waals surface area (Å²) in [5.74, 6) is -0.188. The minimum atomic E-state index is -4.42. The van der Waals surface area contributed by atoms with E-state index in [0.29, 0.717) is 23.7 Å². The van der Waals surface area contributed by atoms with Crippen molar-refractivity contribution in [3.05, 3.63) is 59.4 Å². The second kappa shape index (κ2) is 7.91. The van der Waals surface area contributed by atoms with E-state index >= 15 is 0 Å². The highest BCUT2D eigenvalue weighted by atomic mass is 32.1. The van der Waals surface area contributed by atoms with Crippen LogP contribution in [0.4, 0.5) is 13.2 Å². The maximum absolute atomic E-state index is 12.8. The van der Waals surface area contributed by atoms with Crippen molar-refractivity contribution in [2.75, 3.05) is 6.54 Å². The lowest BCUT2D eigenvalue weighted by Gasteiger charge is -2.12. The van der Waals surface area contributed by atoms with Crippen LogP contribution in [-0.4, -0.2) is 27.2 Å². The molecule has 0 saturated heterocycles. The molecule has 5 nitrogen and oxygen atoms in total. The molecule has 3 aromatic rings. The highest BCUT2D eigenvalue weighted by Gasteiger charge is 2.30. The lowest BCUT2D eigenvalue weighted by atomic mass is 10.1. The van der Waals surface area contributed by atoms with Crippen molar-refractivity contribution in [2.45, 2.75) is 19.6 Å². The molecule has 2 aromatic heterocycles. The van der Waals surface area contributed by atoms with E-state index in [2.05, 4.69) is 15.4 Å². The van der Waals surface area contributed by atoms with Gasteiger partial charge in [-0.15, -0.1) is 11.3 Å². The van der Waals surface area contributed by atoms with E-state index in [4.69, 9.17) is 0 Å². The van der Waals surface area contributed by atoms with Gasteiger partial charge in [0, 0.05) is 36.4 Å². The van der Waals surface area contributed by atoms with Gasteiger partial charge in [-0.05, 0) is 24.1 Å². The van der Waals surface area contributed by atoms with Gasteiger partial charge in [0.2, 0.25) is 0 Å². The molecule has 0 aliphatic carbocycles. The molecule has 2 heterocycles. The number of benzene rings is 1. The predicted molar refractivity (Wildman–Crippen MR) is 96.3 cm³/mol. The highest BCUT2D eigenvalue weighted by Crippen LogP contribution is 2.33. The molecule has 0 aliphatic rings. The van der Waals surface area contributed by atoms with Crippen LogP contribution in [0.5, 0.6) is 0 Å². The number of alkyl halides is 3. The van der Waals surface area contributed by atoms with Crippen molar-refractivity contribution in [3.63, 3.8) is 0 Å². The molecule has 1 amide bonds. The largest absolute Gasteiger partial charge is 0.416 e. The average Bonchev–Trinajstić information content (AvgIpc) is 3.31. The third kappa shape index (κ3) is 4.94. The van der Waals surface area contributed by atoms with Gasteiger partial charge < -0.3 is 5.32 Å². The number of amides is 1. The number of nitrogens with zero attached hydrogens (tertiary/aromatic N) is 3. The number of rotatable bonds is 6. The summed E-state index contributed by atoms with van der Waals surface area (Å²) in [7, 11) is 0. The number of thiazole rings is 1. The van der Waals surface area contributed by atoms with Gasteiger partial charge in [0.1, 0.15) is 10.7 Å². The Morgan fingerprint density at radius 2 is 2.15 bits per heavy atom. The number of hydrogen-bond donors (Lipinski definition) is 1. The molecule has 9 heteroatoms. The van der Waals surface area contributed by atoms with Gasteiger partial charge in [0.05, 0.1) is 5.56 Å². The fourth-order valence-corrected chi connectivity index (χ4v) is 3.29. The first-order chi connectivity index (χ1) is 12.8. The van der Waals surface area contributed by atoms with Gasteiger partial charge in [0.15, 0.2) is 0 Å². The lowest BCUT2D eigenvalue weighted by Crippen LogP contribution is -2.30. The molecule has 0 bridgehead atoms. The van der Waals surface area contributed by atoms with Gasteiger partial charge in [-0.25, -0.2) is 4.98 Å². The van der Waals surface area contributed by atoms with Gasteiger partial charge in [-0.2, -0.15) is 18.3 Å². The van der Waals surface area contributed by atoms with Crippen molar-refractivity contribution in [1.29, 1.82) is 0 Å². The van der Waals surface area contributed by atoms with Crippen molar-refractivity contribution < 1.29 is 18.0 Å². The van der Waals surface area contributed by atoms with Crippen LogP contribution < -0.4 is 5.32 Å². The minimum Gasteiger partial charge on any atom is -0.350 e. The fraction of sp³-hybridized carbons (Fsp3) is 0.278. The molecule has 1 atom stereocenters. The van der Waals surface area contributed by atoms with Crippen molar-refractivity contribution >= 4 is 17.2 Å². The average molecular weight is 394 g/mol. The summed E-state index contributed by atoms with van der Waals surface area (Å²) in [6.07, 6.45) is -0.881. The van der Waals surface area contributed by atoms with E-state index < -0.39 is 11.7 Å². The molecule has 0 fully saturated rings. The topological polar surface area (TPSA) is 59.8 Å². The Morgan fingerprint density at radius 3 is 2.85 bits per heavy atom. The molecule has 1 N–H and O–H groups in total. The Kier molecular flexibility index (Phi) is 5.59. The summed E-state index contributed by atoms with van der Waals surface area (Å²) in [6.45, 7) is 3.09. The summed E-state index contributed by atoms with van der Waals surface area (Å²) in [4.78, 5) is 16.4. The molecule has 0 radical (unpaired) electrons.